The smallest absolute Gasteiger partial charge is 0.0738 e. The number of aliphatic hydroxyl groups excluding tert-OH is 1. The van der Waals surface area contributed by atoms with Gasteiger partial charge in [-0.25, -0.2) is 0 Å². The van der Waals surface area contributed by atoms with Crippen molar-refractivity contribution in [3.63, 3.8) is 0 Å². The van der Waals surface area contributed by atoms with E-state index in [1.165, 1.54) is 0 Å². The Morgan fingerprint density at radius 2 is 2.18 bits per heavy atom. The van der Waals surface area contributed by atoms with Gasteiger partial charge in [0.05, 0.1) is 24.9 Å². The highest BCUT2D eigenvalue weighted by atomic mass is 16.5. The SMILES string of the molecule is CC(C)[C@H]1C[C@@H](O)[C@H](N)CO1. The van der Waals surface area contributed by atoms with Crippen molar-refractivity contribution in [2.75, 3.05) is 6.61 Å². The number of hydrogen-bond donors (Lipinski definition) is 2. The molecule has 0 aliphatic carbocycles. The fourth-order valence-electron chi connectivity index (χ4n) is 1.29. The Morgan fingerprint density at radius 3 is 2.64 bits per heavy atom. The molecule has 1 aliphatic heterocycles. The first-order chi connectivity index (χ1) is 5.11. The Hall–Kier alpha value is -0.120. The third-order valence-corrected chi connectivity index (χ3v) is 2.21. The summed E-state index contributed by atoms with van der Waals surface area (Å²) in [6.45, 7) is 4.67. The fourth-order valence-corrected chi connectivity index (χ4v) is 1.29. The van der Waals surface area contributed by atoms with E-state index in [0.717, 1.165) is 0 Å². The normalized spacial score (nSPS) is 39.5. The van der Waals surface area contributed by atoms with E-state index in [2.05, 4.69) is 13.8 Å². The van der Waals surface area contributed by atoms with E-state index in [-0.39, 0.29) is 18.2 Å². The lowest BCUT2D eigenvalue weighted by molar-refractivity contribution is -0.0746. The molecule has 0 unspecified atom stereocenters. The Kier molecular flexibility index (Phi) is 2.87. The molecule has 3 heteroatoms. The van der Waals surface area contributed by atoms with Crippen molar-refractivity contribution in [3.05, 3.63) is 0 Å². The minimum atomic E-state index is -0.379. The number of aliphatic hydroxyl groups is 1. The van der Waals surface area contributed by atoms with Crippen molar-refractivity contribution >= 4 is 0 Å². The number of nitrogens with two attached hydrogens (primary N) is 1. The average Bonchev–Trinajstić information content (AvgIpc) is 1.94. The molecule has 1 fully saturated rings. The van der Waals surface area contributed by atoms with Crippen molar-refractivity contribution in [1.29, 1.82) is 0 Å². The Labute approximate surface area is 67.5 Å². The van der Waals surface area contributed by atoms with Gasteiger partial charge in [-0.3, -0.25) is 0 Å². The summed E-state index contributed by atoms with van der Waals surface area (Å²) in [5, 5.41) is 9.39. The first kappa shape index (κ1) is 8.97. The fraction of sp³-hybridized carbons (Fsp3) is 1.00. The Bertz CT molecular complexity index is 127. The zero-order valence-electron chi connectivity index (χ0n) is 7.16. The van der Waals surface area contributed by atoms with E-state index >= 15 is 0 Å². The van der Waals surface area contributed by atoms with Gasteiger partial charge in [-0.15, -0.1) is 0 Å². The van der Waals surface area contributed by atoms with Crippen LogP contribution in [0.4, 0.5) is 0 Å². The van der Waals surface area contributed by atoms with E-state index in [4.69, 9.17) is 10.5 Å². The average molecular weight is 159 g/mol. The zero-order chi connectivity index (χ0) is 8.43. The van der Waals surface area contributed by atoms with Crippen LogP contribution in [0.2, 0.25) is 0 Å². The molecule has 1 rings (SSSR count). The third kappa shape index (κ3) is 2.15. The summed E-state index contributed by atoms with van der Waals surface area (Å²) in [7, 11) is 0. The monoisotopic (exact) mass is 159 g/mol. The molecule has 1 heterocycles. The maximum absolute atomic E-state index is 9.39. The molecule has 1 saturated heterocycles. The molecule has 3 N–H and O–H groups in total. The minimum Gasteiger partial charge on any atom is -0.391 e. The minimum absolute atomic E-state index is 0.185. The quantitative estimate of drug-likeness (QED) is 0.571. The molecule has 0 saturated carbocycles. The highest BCUT2D eigenvalue weighted by Gasteiger charge is 2.28. The van der Waals surface area contributed by atoms with Gasteiger partial charge in [-0.1, -0.05) is 13.8 Å². The van der Waals surface area contributed by atoms with Gasteiger partial charge in [0.1, 0.15) is 0 Å². The lowest BCUT2D eigenvalue weighted by Crippen LogP contribution is -2.47. The summed E-state index contributed by atoms with van der Waals surface area (Å²) in [5.74, 6) is 0.470. The van der Waals surface area contributed by atoms with Gasteiger partial charge in [-0.05, 0) is 5.92 Å². The van der Waals surface area contributed by atoms with Crippen LogP contribution in [-0.2, 0) is 4.74 Å². The van der Waals surface area contributed by atoms with Crippen LogP contribution in [0.1, 0.15) is 20.3 Å². The summed E-state index contributed by atoms with van der Waals surface area (Å²) >= 11 is 0. The lowest BCUT2D eigenvalue weighted by atomic mass is 9.95. The predicted octanol–water partition coefficient (Wildman–Crippen LogP) is 0.120. The molecule has 0 bridgehead atoms. The molecule has 11 heavy (non-hydrogen) atoms. The summed E-state index contributed by atoms with van der Waals surface area (Å²) in [6.07, 6.45) is 0.486. The molecule has 3 nitrogen and oxygen atoms in total. The highest BCUT2D eigenvalue weighted by Crippen LogP contribution is 2.19. The number of ether oxygens (including phenoxy) is 1. The summed E-state index contributed by atoms with van der Waals surface area (Å²) in [6, 6.07) is -0.190. The van der Waals surface area contributed by atoms with E-state index in [1.54, 1.807) is 0 Å². The second kappa shape index (κ2) is 3.52. The van der Waals surface area contributed by atoms with E-state index in [9.17, 15) is 5.11 Å². The second-order valence-electron chi connectivity index (χ2n) is 3.58. The molecular weight excluding hydrogens is 142 g/mol. The molecule has 0 aromatic heterocycles. The van der Waals surface area contributed by atoms with Crippen molar-refractivity contribution < 1.29 is 9.84 Å². The van der Waals surface area contributed by atoms with Gasteiger partial charge in [0.25, 0.3) is 0 Å². The van der Waals surface area contributed by atoms with Crippen molar-refractivity contribution in [2.45, 2.75) is 38.5 Å². The summed E-state index contributed by atoms with van der Waals surface area (Å²) < 4.78 is 5.44. The van der Waals surface area contributed by atoms with Gasteiger partial charge in [0.15, 0.2) is 0 Å². The third-order valence-electron chi connectivity index (χ3n) is 2.21. The first-order valence-corrected chi connectivity index (χ1v) is 4.16. The van der Waals surface area contributed by atoms with E-state index < -0.39 is 0 Å². The molecule has 0 radical (unpaired) electrons. The molecular formula is C8H17NO2. The summed E-state index contributed by atoms with van der Waals surface area (Å²) in [4.78, 5) is 0. The topological polar surface area (TPSA) is 55.5 Å². The van der Waals surface area contributed by atoms with Crippen LogP contribution in [-0.4, -0.2) is 30.0 Å². The van der Waals surface area contributed by atoms with Gasteiger partial charge in [0.2, 0.25) is 0 Å². The molecule has 0 spiro atoms. The van der Waals surface area contributed by atoms with Crippen LogP contribution in [0.15, 0.2) is 0 Å². The Morgan fingerprint density at radius 1 is 1.55 bits per heavy atom. The largest absolute Gasteiger partial charge is 0.391 e. The standard InChI is InChI=1S/C8H17NO2/c1-5(2)8-3-7(10)6(9)4-11-8/h5-8,10H,3-4,9H2,1-2H3/t6-,7-,8-/m1/s1. The van der Waals surface area contributed by atoms with Gasteiger partial charge in [0, 0.05) is 6.42 Å². The highest BCUT2D eigenvalue weighted by molar-refractivity contribution is 4.81. The second-order valence-corrected chi connectivity index (χ2v) is 3.58. The van der Waals surface area contributed by atoms with Gasteiger partial charge in [-0.2, -0.15) is 0 Å². The van der Waals surface area contributed by atoms with Crippen LogP contribution in [0.5, 0.6) is 0 Å². The number of hydrogen-bond acceptors (Lipinski definition) is 3. The van der Waals surface area contributed by atoms with Crippen LogP contribution >= 0.6 is 0 Å². The first-order valence-electron chi connectivity index (χ1n) is 4.16. The van der Waals surface area contributed by atoms with Crippen LogP contribution in [0.25, 0.3) is 0 Å². The molecule has 3 atom stereocenters. The molecule has 66 valence electrons. The van der Waals surface area contributed by atoms with Crippen molar-refractivity contribution in [2.24, 2.45) is 11.7 Å². The number of rotatable bonds is 1. The predicted molar refractivity (Wildman–Crippen MR) is 43.2 cm³/mol. The van der Waals surface area contributed by atoms with Crippen molar-refractivity contribution in [1.82, 2.24) is 0 Å². The zero-order valence-corrected chi connectivity index (χ0v) is 7.16. The van der Waals surface area contributed by atoms with Crippen LogP contribution in [0.3, 0.4) is 0 Å². The van der Waals surface area contributed by atoms with Crippen LogP contribution in [0, 0.1) is 5.92 Å². The van der Waals surface area contributed by atoms with E-state index in [1.807, 2.05) is 0 Å². The molecule has 0 amide bonds. The van der Waals surface area contributed by atoms with Gasteiger partial charge >= 0.3 is 0 Å². The van der Waals surface area contributed by atoms with Gasteiger partial charge < -0.3 is 15.6 Å². The Balaban J connectivity index is 2.40. The lowest BCUT2D eigenvalue weighted by Gasteiger charge is -2.33. The molecule has 0 aromatic carbocycles. The summed E-state index contributed by atoms with van der Waals surface area (Å²) in [5.41, 5.74) is 5.57. The van der Waals surface area contributed by atoms with Crippen LogP contribution < -0.4 is 5.73 Å². The molecule has 0 aromatic rings. The maximum atomic E-state index is 9.39. The maximum Gasteiger partial charge on any atom is 0.0738 e. The van der Waals surface area contributed by atoms with Crippen molar-refractivity contribution in [3.8, 4) is 0 Å². The molecule has 1 aliphatic rings. The van der Waals surface area contributed by atoms with E-state index in [0.29, 0.717) is 18.9 Å².